The third-order valence-corrected chi connectivity index (χ3v) is 4.59. The maximum atomic E-state index is 12.3. The van der Waals surface area contributed by atoms with Crippen LogP contribution in [-0.4, -0.2) is 38.9 Å². The first kappa shape index (κ1) is 19.7. The number of carbonyl (C=O) groups excluding carboxylic acids is 1. The highest BCUT2D eigenvalue weighted by atomic mass is 16.5. The Balaban J connectivity index is 1.57. The molecule has 0 unspecified atom stereocenters. The van der Waals surface area contributed by atoms with Gasteiger partial charge in [-0.05, 0) is 54.7 Å². The summed E-state index contributed by atoms with van der Waals surface area (Å²) in [6, 6.07) is 13.8. The lowest BCUT2D eigenvalue weighted by Crippen LogP contribution is -2.38. The molecule has 0 bridgehead atoms. The van der Waals surface area contributed by atoms with Crippen LogP contribution in [-0.2, 0) is 11.2 Å². The van der Waals surface area contributed by atoms with Crippen molar-refractivity contribution in [2.24, 2.45) is 5.10 Å². The van der Waals surface area contributed by atoms with Gasteiger partial charge in [0.15, 0.2) is 11.5 Å². The quantitative estimate of drug-likeness (QED) is 0.562. The third kappa shape index (κ3) is 5.03. The molecule has 28 heavy (non-hydrogen) atoms. The molecule has 1 aliphatic rings. The molecule has 0 aromatic heterocycles. The number of para-hydroxylation sites is 1. The van der Waals surface area contributed by atoms with Crippen molar-refractivity contribution in [2.45, 2.75) is 26.2 Å². The van der Waals surface area contributed by atoms with E-state index in [0.29, 0.717) is 24.7 Å². The van der Waals surface area contributed by atoms with Crippen LogP contribution in [0.25, 0.3) is 0 Å². The highest BCUT2D eigenvalue weighted by Gasteiger charge is 2.18. The lowest BCUT2D eigenvalue weighted by Gasteiger charge is -2.30. The number of fused-ring (bicyclic) bond motifs is 1. The fourth-order valence-electron chi connectivity index (χ4n) is 3.26. The molecule has 148 valence electrons. The Morgan fingerprint density at radius 2 is 2.11 bits per heavy atom. The summed E-state index contributed by atoms with van der Waals surface area (Å²) in [4.78, 5) is 14.4. The number of ether oxygens (including phenoxy) is 2. The van der Waals surface area contributed by atoms with Crippen molar-refractivity contribution in [1.82, 2.24) is 5.43 Å². The van der Waals surface area contributed by atoms with Crippen LogP contribution in [0.5, 0.6) is 11.5 Å². The molecule has 1 heterocycles. The van der Waals surface area contributed by atoms with Crippen molar-refractivity contribution in [3.05, 3.63) is 53.6 Å². The topological polar surface area (TPSA) is 63.2 Å². The Hall–Kier alpha value is -3.02. The van der Waals surface area contributed by atoms with E-state index in [1.807, 2.05) is 30.3 Å². The van der Waals surface area contributed by atoms with E-state index in [1.54, 1.807) is 13.3 Å². The maximum absolute atomic E-state index is 12.3. The summed E-state index contributed by atoms with van der Waals surface area (Å²) in [5, 5.41) is 4.08. The molecule has 1 aliphatic heterocycles. The molecule has 0 fully saturated rings. The van der Waals surface area contributed by atoms with Crippen molar-refractivity contribution in [1.29, 1.82) is 0 Å². The Morgan fingerprint density at radius 1 is 1.25 bits per heavy atom. The zero-order valence-electron chi connectivity index (χ0n) is 16.5. The van der Waals surface area contributed by atoms with E-state index >= 15 is 0 Å². The highest BCUT2D eigenvalue weighted by Crippen LogP contribution is 2.28. The smallest absolute Gasteiger partial charge is 0.259 e. The van der Waals surface area contributed by atoms with Crippen molar-refractivity contribution in [3.8, 4) is 11.5 Å². The molecular formula is C22H27N3O3. The van der Waals surface area contributed by atoms with E-state index in [-0.39, 0.29) is 5.91 Å². The lowest BCUT2D eigenvalue weighted by atomic mass is 10.0. The molecule has 0 spiro atoms. The number of methoxy groups -OCH3 is 1. The molecule has 6 heteroatoms. The number of hydrogen-bond acceptors (Lipinski definition) is 5. The fourth-order valence-corrected chi connectivity index (χ4v) is 3.26. The average Bonchev–Trinajstić information content (AvgIpc) is 2.73. The standard InChI is InChI=1S/C22H27N3O3/c1-3-13-28-20-11-10-17(14-21(20)27-2)15-23-24-22(26)16-25-12-6-8-18-7-4-5-9-19(18)25/h4-5,7,9-11,14-15H,3,6,8,12-13,16H2,1-2H3,(H,24,26)/b23-15-. The van der Waals surface area contributed by atoms with E-state index in [1.165, 1.54) is 5.56 Å². The predicted molar refractivity (Wildman–Crippen MR) is 111 cm³/mol. The van der Waals surface area contributed by atoms with Crippen LogP contribution in [0.3, 0.4) is 0 Å². The number of nitrogens with zero attached hydrogens (tertiary/aromatic N) is 2. The van der Waals surface area contributed by atoms with Crippen molar-refractivity contribution >= 4 is 17.8 Å². The number of hydrogen-bond donors (Lipinski definition) is 1. The van der Waals surface area contributed by atoms with E-state index in [9.17, 15) is 4.79 Å². The summed E-state index contributed by atoms with van der Waals surface area (Å²) in [6.45, 7) is 3.87. The van der Waals surface area contributed by atoms with Gasteiger partial charge < -0.3 is 14.4 Å². The van der Waals surface area contributed by atoms with Crippen molar-refractivity contribution in [2.75, 3.05) is 31.7 Å². The molecule has 6 nitrogen and oxygen atoms in total. The molecule has 0 radical (unpaired) electrons. The van der Waals surface area contributed by atoms with Gasteiger partial charge in [-0.25, -0.2) is 5.43 Å². The Labute approximate surface area is 166 Å². The maximum Gasteiger partial charge on any atom is 0.259 e. The van der Waals surface area contributed by atoms with Gasteiger partial charge in [-0.2, -0.15) is 5.10 Å². The minimum absolute atomic E-state index is 0.136. The number of amides is 1. The number of carbonyl (C=O) groups is 1. The predicted octanol–water partition coefficient (Wildman–Crippen LogP) is 3.39. The molecule has 3 rings (SSSR count). The molecule has 0 saturated carbocycles. The number of benzene rings is 2. The van der Waals surface area contributed by atoms with Crippen LogP contribution < -0.4 is 19.8 Å². The Kier molecular flexibility index (Phi) is 6.89. The van der Waals surface area contributed by atoms with Gasteiger partial charge in [0.2, 0.25) is 0 Å². The van der Waals surface area contributed by atoms with Gasteiger partial charge in [-0.1, -0.05) is 25.1 Å². The van der Waals surface area contributed by atoms with E-state index in [2.05, 4.69) is 34.5 Å². The first-order chi connectivity index (χ1) is 13.7. The van der Waals surface area contributed by atoms with Crippen LogP contribution >= 0.6 is 0 Å². The molecule has 1 amide bonds. The molecule has 0 saturated heterocycles. The first-order valence-corrected chi connectivity index (χ1v) is 9.67. The monoisotopic (exact) mass is 381 g/mol. The summed E-state index contributed by atoms with van der Waals surface area (Å²) >= 11 is 0. The van der Waals surface area contributed by atoms with Gasteiger partial charge in [0, 0.05) is 12.2 Å². The van der Waals surface area contributed by atoms with Crippen LogP contribution in [0.1, 0.15) is 30.9 Å². The Bertz CT molecular complexity index is 836. The summed E-state index contributed by atoms with van der Waals surface area (Å²) in [7, 11) is 1.60. The minimum atomic E-state index is -0.136. The number of aryl methyl sites for hydroxylation is 1. The van der Waals surface area contributed by atoms with Crippen LogP contribution in [0.2, 0.25) is 0 Å². The van der Waals surface area contributed by atoms with Crippen LogP contribution in [0.15, 0.2) is 47.6 Å². The van der Waals surface area contributed by atoms with E-state index in [4.69, 9.17) is 9.47 Å². The summed E-state index contributed by atoms with van der Waals surface area (Å²) in [5.74, 6) is 1.21. The SMILES string of the molecule is CCCOc1ccc(/C=N\NC(=O)CN2CCCc3ccccc32)cc1OC. The zero-order chi connectivity index (χ0) is 19.8. The molecule has 2 aromatic rings. The summed E-state index contributed by atoms with van der Waals surface area (Å²) in [6.07, 6.45) is 4.65. The van der Waals surface area contributed by atoms with Crippen molar-refractivity contribution in [3.63, 3.8) is 0 Å². The normalized spacial score (nSPS) is 13.3. The molecule has 0 aliphatic carbocycles. The number of rotatable bonds is 8. The molecule has 0 atom stereocenters. The summed E-state index contributed by atoms with van der Waals surface area (Å²) < 4.78 is 11.0. The second-order valence-electron chi connectivity index (χ2n) is 6.71. The Morgan fingerprint density at radius 3 is 2.93 bits per heavy atom. The number of nitrogens with one attached hydrogen (secondary N) is 1. The van der Waals surface area contributed by atoms with Crippen molar-refractivity contribution < 1.29 is 14.3 Å². The van der Waals surface area contributed by atoms with Crippen LogP contribution in [0.4, 0.5) is 5.69 Å². The van der Waals surface area contributed by atoms with Gasteiger partial charge in [-0.3, -0.25) is 4.79 Å². The van der Waals surface area contributed by atoms with Gasteiger partial charge in [-0.15, -0.1) is 0 Å². The molecular weight excluding hydrogens is 354 g/mol. The van der Waals surface area contributed by atoms with E-state index < -0.39 is 0 Å². The molecule has 2 aromatic carbocycles. The molecule has 1 N–H and O–H groups in total. The number of anilines is 1. The second-order valence-corrected chi connectivity index (χ2v) is 6.71. The average molecular weight is 381 g/mol. The summed E-state index contributed by atoms with van der Waals surface area (Å²) in [5.41, 5.74) is 5.87. The lowest BCUT2D eigenvalue weighted by molar-refractivity contribution is -0.119. The fraction of sp³-hybridized carbons (Fsp3) is 0.364. The zero-order valence-corrected chi connectivity index (χ0v) is 16.5. The second kappa shape index (κ2) is 9.78. The third-order valence-electron chi connectivity index (χ3n) is 4.59. The van der Waals surface area contributed by atoms with E-state index in [0.717, 1.165) is 37.1 Å². The minimum Gasteiger partial charge on any atom is -0.493 e. The van der Waals surface area contributed by atoms with Gasteiger partial charge in [0.25, 0.3) is 5.91 Å². The largest absolute Gasteiger partial charge is 0.493 e. The highest BCUT2D eigenvalue weighted by molar-refractivity contribution is 5.85. The number of hydrazone groups is 1. The first-order valence-electron chi connectivity index (χ1n) is 9.67. The van der Waals surface area contributed by atoms with Gasteiger partial charge >= 0.3 is 0 Å². The van der Waals surface area contributed by atoms with Gasteiger partial charge in [0.1, 0.15) is 0 Å². The van der Waals surface area contributed by atoms with Crippen LogP contribution in [0, 0.1) is 0 Å². The van der Waals surface area contributed by atoms with Gasteiger partial charge in [0.05, 0.1) is 26.5 Å².